The molecule has 2 bridgehead atoms. The number of nitrogens with zero attached hydrogens (tertiary/aromatic N) is 7. The molecule has 17 heteroatoms. The maximum absolute atomic E-state index is 13.5. The number of amides is 3. The molecule has 1 saturated carbocycles. The summed E-state index contributed by atoms with van der Waals surface area (Å²) < 4.78 is 51.3. The van der Waals surface area contributed by atoms with E-state index in [2.05, 4.69) is 36.2 Å². The Labute approximate surface area is 349 Å². The van der Waals surface area contributed by atoms with Gasteiger partial charge in [0.2, 0.25) is 11.8 Å². The van der Waals surface area contributed by atoms with E-state index in [0.29, 0.717) is 31.2 Å². The van der Waals surface area contributed by atoms with Crippen LogP contribution in [0.15, 0.2) is 59.5 Å². The summed E-state index contributed by atoms with van der Waals surface area (Å²) in [5, 5.41) is 11.1. The highest BCUT2D eigenvalue weighted by molar-refractivity contribution is 6.06. The predicted molar refractivity (Wildman–Crippen MR) is 220 cm³/mol. The Morgan fingerprint density at radius 3 is 2.48 bits per heavy atom. The molecular formula is C44H48F3N9O5. The van der Waals surface area contributed by atoms with E-state index < -0.39 is 29.7 Å². The highest BCUT2D eigenvalue weighted by atomic mass is 19.4. The summed E-state index contributed by atoms with van der Waals surface area (Å²) in [7, 11) is 1.77. The Morgan fingerprint density at radius 2 is 1.75 bits per heavy atom. The molecule has 5 aliphatic rings. The zero-order valence-corrected chi connectivity index (χ0v) is 33.9. The van der Waals surface area contributed by atoms with Gasteiger partial charge in [0, 0.05) is 38.1 Å². The van der Waals surface area contributed by atoms with Crippen LogP contribution in [0.5, 0.6) is 0 Å². The van der Waals surface area contributed by atoms with Gasteiger partial charge in [-0.15, -0.1) is 0 Å². The molecule has 4 aliphatic heterocycles. The molecule has 7 heterocycles. The second kappa shape index (κ2) is 15.4. The third-order valence-corrected chi connectivity index (χ3v) is 13.8. The van der Waals surface area contributed by atoms with Crippen molar-refractivity contribution in [2.75, 3.05) is 43.0 Å². The van der Waals surface area contributed by atoms with E-state index in [4.69, 9.17) is 9.84 Å². The van der Waals surface area contributed by atoms with Crippen LogP contribution in [-0.2, 0) is 27.5 Å². The van der Waals surface area contributed by atoms with Crippen LogP contribution < -0.4 is 21.2 Å². The van der Waals surface area contributed by atoms with Gasteiger partial charge in [-0.05, 0) is 112 Å². The Bertz CT molecular complexity index is 2600. The monoisotopic (exact) mass is 839 g/mol. The highest BCUT2D eigenvalue weighted by Crippen LogP contribution is 2.41. The largest absolute Gasteiger partial charge is 0.433 e. The molecule has 3 amide bonds. The Kier molecular flexibility index (Phi) is 10.0. The van der Waals surface area contributed by atoms with Crippen LogP contribution >= 0.6 is 0 Å². The molecule has 14 nitrogen and oxygen atoms in total. The van der Waals surface area contributed by atoms with Crippen LogP contribution in [0.3, 0.4) is 0 Å². The summed E-state index contributed by atoms with van der Waals surface area (Å²) in [6.45, 7) is 4.18. The quantitative estimate of drug-likeness (QED) is 0.182. The van der Waals surface area contributed by atoms with E-state index in [1.807, 2.05) is 30.5 Å². The fourth-order valence-corrected chi connectivity index (χ4v) is 10.6. The van der Waals surface area contributed by atoms with Gasteiger partial charge < -0.3 is 19.9 Å². The van der Waals surface area contributed by atoms with Crippen molar-refractivity contribution in [3.63, 3.8) is 0 Å². The molecule has 5 aromatic rings. The third-order valence-electron chi connectivity index (χ3n) is 13.8. The number of hydrogen-bond acceptors (Lipinski definition) is 9. The maximum Gasteiger partial charge on any atom is 0.433 e. The number of carbonyl (C=O) groups excluding carboxylic acids is 3. The average Bonchev–Trinajstić information content (AvgIpc) is 4.05. The number of nitrogens with one attached hydrogen (secondary N) is 2. The smallest absolute Gasteiger partial charge is 0.374 e. The lowest BCUT2D eigenvalue weighted by atomic mass is 9.84. The molecule has 4 saturated heterocycles. The minimum absolute atomic E-state index is 0.0898. The molecule has 2 aromatic carbocycles. The number of ether oxygens (including phenoxy) is 1. The number of alkyl halides is 3. The fraction of sp³-hybridized carbons (Fsp3) is 0.500. The third kappa shape index (κ3) is 7.38. The number of benzene rings is 2. The molecule has 0 spiro atoms. The van der Waals surface area contributed by atoms with E-state index >= 15 is 0 Å². The van der Waals surface area contributed by atoms with Crippen LogP contribution in [-0.4, -0.2) is 91.5 Å². The average molecular weight is 840 g/mol. The standard InChI is InChI=1S/C44H48F3N9O5/c1-52-40-31(4-2-6-35(40)56(43(52)60)36-12-13-39(57)50-42(36)59)26-14-16-53(17-15-26)21-25-8-10-28(11-9-25)55-22-27-18-34(49-41(58)32-5-3-7-38(48-32)44(45,46)47)37(20-33(27)51-55)54-23-30-19-29(54)24-61-30/h2-7,18,20,22,25-26,28-30,36H,8-17,19,21,23-24H2,1H3,(H,49,58)(H,50,57,59)/t25?,28?,29-,30-,36?/m0/s1. The summed E-state index contributed by atoms with van der Waals surface area (Å²) in [4.78, 5) is 59.8. The Hall–Kier alpha value is -5.55. The first-order valence-electron chi connectivity index (χ1n) is 21.4. The summed E-state index contributed by atoms with van der Waals surface area (Å²) in [6.07, 6.45) is 4.88. The molecule has 5 fully saturated rings. The number of aromatic nitrogens is 5. The molecule has 3 atom stereocenters. The van der Waals surface area contributed by atoms with E-state index in [0.717, 1.165) is 104 Å². The first-order valence-corrected chi connectivity index (χ1v) is 21.4. The van der Waals surface area contributed by atoms with Crippen molar-refractivity contribution in [1.29, 1.82) is 0 Å². The summed E-state index contributed by atoms with van der Waals surface area (Å²) in [6, 6.07) is 12.8. The van der Waals surface area contributed by atoms with E-state index in [1.54, 1.807) is 16.2 Å². The van der Waals surface area contributed by atoms with Crippen LogP contribution in [0.1, 0.15) is 97.5 Å². The minimum atomic E-state index is -4.67. The van der Waals surface area contributed by atoms with Gasteiger partial charge >= 0.3 is 11.9 Å². The van der Waals surface area contributed by atoms with Crippen molar-refractivity contribution < 1.29 is 32.3 Å². The van der Waals surface area contributed by atoms with Gasteiger partial charge in [-0.3, -0.25) is 33.5 Å². The number of piperidine rings is 2. The zero-order chi connectivity index (χ0) is 42.2. The number of rotatable bonds is 8. The van der Waals surface area contributed by atoms with Crippen molar-refractivity contribution >= 4 is 51.0 Å². The van der Waals surface area contributed by atoms with Crippen LogP contribution in [0.4, 0.5) is 24.5 Å². The van der Waals surface area contributed by atoms with Crippen molar-refractivity contribution in [3.8, 4) is 0 Å². The second-order valence-electron chi connectivity index (χ2n) is 17.5. The predicted octanol–water partition coefficient (Wildman–Crippen LogP) is 5.92. The number of imidazole rings is 1. The fourth-order valence-electron chi connectivity index (χ4n) is 10.6. The lowest BCUT2D eigenvalue weighted by Gasteiger charge is -2.37. The summed E-state index contributed by atoms with van der Waals surface area (Å²) in [5.74, 6) is -0.600. The first-order chi connectivity index (χ1) is 29.4. The number of para-hydroxylation sites is 1. The number of likely N-dealkylation sites (tertiary alicyclic amines) is 1. The van der Waals surface area contributed by atoms with E-state index in [1.165, 1.54) is 12.1 Å². The van der Waals surface area contributed by atoms with Crippen LogP contribution in [0.2, 0.25) is 0 Å². The lowest BCUT2D eigenvalue weighted by molar-refractivity contribution is -0.141. The molecule has 320 valence electrons. The topological polar surface area (TPSA) is 149 Å². The number of halogens is 3. The zero-order valence-electron chi connectivity index (χ0n) is 33.9. The van der Waals surface area contributed by atoms with Gasteiger partial charge in [0.15, 0.2) is 0 Å². The first kappa shape index (κ1) is 39.6. The van der Waals surface area contributed by atoms with Crippen LogP contribution in [0.25, 0.3) is 21.9 Å². The van der Waals surface area contributed by atoms with Gasteiger partial charge in [-0.2, -0.15) is 18.3 Å². The maximum atomic E-state index is 13.5. The summed E-state index contributed by atoms with van der Waals surface area (Å²) in [5.41, 5.74) is 3.12. The number of carbonyl (C=O) groups is 3. The number of imide groups is 1. The molecule has 1 unspecified atom stereocenters. The molecule has 61 heavy (non-hydrogen) atoms. The number of morpholine rings is 1. The lowest BCUT2D eigenvalue weighted by Crippen LogP contribution is -2.44. The second-order valence-corrected chi connectivity index (χ2v) is 17.5. The number of anilines is 2. The molecule has 2 N–H and O–H groups in total. The van der Waals surface area contributed by atoms with Crippen LogP contribution in [0, 0.1) is 5.92 Å². The SMILES string of the molecule is Cn1c(=O)n(C2CCC(=O)NC2=O)c2cccc(C3CCN(CC4CCC(n5cc6cc(NC(=O)c7cccc(C(F)(F)F)n7)c(N7C[C@@H]8C[C@H]7CO8)cc6n5)CC4)CC3)c21. The molecular weight excluding hydrogens is 792 g/mol. The van der Waals surface area contributed by atoms with Crippen molar-refractivity contribution in [3.05, 3.63) is 82.2 Å². The van der Waals surface area contributed by atoms with E-state index in [-0.39, 0.29) is 47.8 Å². The van der Waals surface area contributed by atoms with Crippen molar-refractivity contribution in [2.24, 2.45) is 13.0 Å². The number of hydrogen-bond donors (Lipinski definition) is 2. The molecule has 10 rings (SSSR count). The van der Waals surface area contributed by atoms with Gasteiger partial charge in [0.25, 0.3) is 5.91 Å². The Morgan fingerprint density at radius 1 is 0.967 bits per heavy atom. The van der Waals surface area contributed by atoms with Crippen molar-refractivity contribution in [1.82, 2.24) is 34.1 Å². The minimum Gasteiger partial charge on any atom is -0.374 e. The summed E-state index contributed by atoms with van der Waals surface area (Å²) >= 11 is 0. The van der Waals surface area contributed by atoms with Crippen molar-refractivity contribution in [2.45, 2.75) is 94.1 Å². The van der Waals surface area contributed by atoms with Gasteiger partial charge in [0.05, 0.1) is 52.7 Å². The van der Waals surface area contributed by atoms with Gasteiger partial charge in [-0.1, -0.05) is 18.2 Å². The molecule has 3 aromatic heterocycles. The number of aryl methyl sites for hydroxylation is 1. The highest BCUT2D eigenvalue weighted by Gasteiger charge is 2.41. The molecule has 1 aliphatic carbocycles. The normalized spacial score (nSPS) is 25.2. The molecule has 0 radical (unpaired) electrons. The Balaban J connectivity index is 0.793. The van der Waals surface area contributed by atoms with E-state index in [9.17, 15) is 32.3 Å². The van der Waals surface area contributed by atoms with Gasteiger partial charge in [0.1, 0.15) is 17.4 Å². The number of pyridine rings is 1. The number of fused-ring (bicyclic) bond motifs is 4. The van der Waals surface area contributed by atoms with Gasteiger partial charge in [-0.25, -0.2) is 9.78 Å².